The summed E-state index contributed by atoms with van der Waals surface area (Å²) in [6, 6.07) is 0.216. The van der Waals surface area contributed by atoms with Crippen LogP contribution in [0.2, 0.25) is 0 Å². The molecule has 0 radical (unpaired) electrons. The number of hydrogen-bond acceptors (Lipinski definition) is 2. The lowest BCUT2D eigenvalue weighted by Crippen LogP contribution is -2.50. The second kappa shape index (κ2) is 5.86. The Balaban J connectivity index is 2.40. The van der Waals surface area contributed by atoms with Crippen molar-refractivity contribution in [1.82, 2.24) is 15.1 Å². The second-order valence-electron chi connectivity index (χ2n) is 3.71. The minimum Gasteiger partial charge on any atom is -0.325 e. The molecule has 1 fully saturated rings. The smallest absolute Gasteiger partial charge is 0.320 e. The van der Waals surface area contributed by atoms with E-state index in [0.29, 0.717) is 0 Å². The first-order valence-corrected chi connectivity index (χ1v) is 5.48. The van der Waals surface area contributed by atoms with Crippen molar-refractivity contribution in [3.63, 3.8) is 0 Å². The molecule has 82 valence electrons. The Morgan fingerprint density at radius 3 is 2.50 bits per heavy atom. The molecule has 1 rings (SSSR count). The van der Waals surface area contributed by atoms with Gasteiger partial charge in [-0.3, -0.25) is 0 Å². The summed E-state index contributed by atoms with van der Waals surface area (Å²) in [6.07, 6.45) is 2.15. The van der Waals surface area contributed by atoms with Crippen LogP contribution in [-0.4, -0.2) is 55.6 Å². The van der Waals surface area contributed by atoms with E-state index in [9.17, 15) is 4.79 Å². The van der Waals surface area contributed by atoms with Crippen molar-refractivity contribution < 1.29 is 4.79 Å². The van der Waals surface area contributed by atoms with Crippen LogP contribution in [-0.2, 0) is 0 Å². The first kappa shape index (κ1) is 11.3. The Morgan fingerprint density at radius 2 is 1.93 bits per heavy atom. The number of amides is 2. The van der Waals surface area contributed by atoms with Crippen LogP contribution in [0.15, 0.2) is 0 Å². The van der Waals surface area contributed by atoms with Crippen molar-refractivity contribution >= 4 is 6.03 Å². The van der Waals surface area contributed by atoms with Gasteiger partial charge in [0.1, 0.15) is 0 Å². The molecule has 1 saturated heterocycles. The Labute approximate surface area is 86.2 Å². The fraction of sp³-hybridized carbons (Fsp3) is 0.900. The van der Waals surface area contributed by atoms with Crippen LogP contribution in [0.25, 0.3) is 0 Å². The van der Waals surface area contributed by atoms with E-state index in [-0.39, 0.29) is 6.03 Å². The van der Waals surface area contributed by atoms with Crippen molar-refractivity contribution in [2.24, 2.45) is 0 Å². The van der Waals surface area contributed by atoms with Gasteiger partial charge in [-0.2, -0.15) is 0 Å². The number of likely N-dealkylation sites (N-methyl/N-ethyl adjacent to an activating group) is 1. The molecule has 0 aliphatic carbocycles. The van der Waals surface area contributed by atoms with E-state index in [2.05, 4.69) is 12.2 Å². The van der Waals surface area contributed by atoms with Crippen LogP contribution in [0.3, 0.4) is 0 Å². The molecule has 1 aliphatic heterocycles. The van der Waals surface area contributed by atoms with E-state index in [4.69, 9.17) is 0 Å². The average Bonchev–Trinajstić information content (AvgIpc) is 2.20. The highest BCUT2D eigenvalue weighted by Crippen LogP contribution is 2.08. The highest BCUT2D eigenvalue weighted by Gasteiger charge is 2.23. The van der Waals surface area contributed by atoms with E-state index in [1.165, 1.54) is 0 Å². The van der Waals surface area contributed by atoms with Gasteiger partial charge in [0.05, 0.1) is 0 Å². The molecule has 0 saturated carbocycles. The standard InChI is InChI=1S/C10H21N3O/c1-3-6-12-7-4-8-13(10(12)14)9-5-11-2/h11H,3-9H2,1-2H3. The van der Waals surface area contributed by atoms with Gasteiger partial charge in [-0.25, -0.2) is 4.79 Å². The van der Waals surface area contributed by atoms with E-state index in [1.807, 2.05) is 16.8 Å². The number of hydrogen-bond donors (Lipinski definition) is 1. The minimum atomic E-state index is 0.216. The normalized spacial score (nSPS) is 17.7. The second-order valence-corrected chi connectivity index (χ2v) is 3.71. The molecule has 2 amide bonds. The minimum absolute atomic E-state index is 0.216. The maximum atomic E-state index is 11.8. The molecule has 1 aliphatic rings. The lowest BCUT2D eigenvalue weighted by atomic mass is 10.2. The fourth-order valence-corrected chi connectivity index (χ4v) is 1.78. The third kappa shape index (κ3) is 2.87. The van der Waals surface area contributed by atoms with Crippen LogP contribution >= 0.6 is 0 Å². The van der Waals surface area contributed by atoms with E-state index in [0.717, 1.165) is 45.6 Å². The summed E-state index contributed by atoms with van der Waals surface area (Å²) in [5.41, 5.74) is 0. The van der Waals surface area contributed by atoms with Crippen LogP contribution < -0.4 is 5.32 Å². The fourth-order valence-electron chi connectivity index (χ4n) is 1.78. The Hall–Kier alpha value is -0.770. The van der Waals surface area contributed by atoms with Gasteiger partial charge >= 0.3 is 6.03 Å². The highest BCUT2D eigenvalue weighted by molar-refractivity contribution is 5.75. The van der Waals surface area contributed by atoms with Gasteiger partial charge in [0.2, 0.25) is 0 Å². The maximum absolute atomic E-state index is 11.8. The number of rotatable bonds is 5. The molecule has 14 heavy (non-hydrogen) atoms. The number of carbonyl (C=O) groups is 1. The third-order valence-electron chi connectivity index (χ3n) is 2.52. The largest absolute Gasteiger partial charge is 0.325 e. The molecule has 1 heterocycles. The topological polar surface area (TPSA) is 35.6 Å². The van der Waals surface area contributed by atoms with Crippen LogP contribution in [0.4, 0.5) is 4.79 Å². The number of urea groups is 1. The lowest BCUT2D eigenvalue weighted by molar-refractivity contribution is 0.130. The van der Waals surface area contributed by atoms with E-state index >= 15 is 0 Å². The monoisotopic (exact) mass is 199 g/mol. The molecular formula is C10H21N3O. The average molecular weight is 199 g/mol. The third-order valence-corrected chi connectivity index (χ3v) is 2.52. The van der Waals surface area contributed by atoms with Crippen molar-refractivity contribution in [2.75, 3.05) is 39.8 Å². The molecule has 0 unspecified atom stereocenters. The van der Waals surface area contributed by atoms with Gasteiger partial charge in [-0.1, -0.05) is 6.92 Å². The van der Waals surface area contributed by atoms with Gasteiger partial charge < -0.3 is 15.1 Å². The van der Waals surface area contributed by atoms with Gasteiger partial charge in [0.25, 0.3) is 0 Å². The van der Waals surface area contributed by atoms with Crippen LogP contribution in [0.5, 0.6) is 0 Å². The highest BCUT2D eigenvalue weighted by atomic mass is 16.2. The van der Waals surface area contributed by atoms with Crippen LogP contribution in [0, 0.1) is 0 Å². The molecule has 0 atom stereocenters. The summed E-state index contributed by atoms with van der Waals surface area (Å²) in [5, 5.41) is 3.07. The number of nitrogens with zero attached hydrogens (tertiary/aromatic N) is 2. The summed E-state index contributed by atoms with van der Waals surface area (Å²) in [4.78, 5) is 15.7. The van der Waals surface area contributed by atoms with Crippen molar-refractivity contribution in [3.05, 3.63) is 0 Å². The molecule has 4 heteroatoms. The summed E-state index contributed by atoms with van der Waals surface area (Å²) in [6.45, 7) is 6.57. The summed E-state index contributed by atoms with van der Waals surface area (Å²) < 4.78 is 0. The molecular weight excluding hydrogens is 178 g/mol. The first-order chi connectivity index (χ1) is 6.79. The van der Waals surface area contributed by atoms with Gasteiger partial charge in [0, 0.05) is 32.7 Å². The van der Waals surface area contributed by atoms with Crippen molar-refractivity contribution in [3.8, 4) is 0 Å². The predicted octanol–water partition coefficient (Wildman–Crippen LogP) is 0.744. The van der Waals surface area contributed by atoms with Crippen LogP contribution in [0.1, 0.15) is 19.8 Å². The van der Waals surface area contributed by atoms with Crippen molar-refractivity contribution in [1.29, 1.82) is 0 Å². The predicted molar refractivity (Wildman–Crippen MR) is 57.4 cm³/mol. The molecule has 0 spiro atoms. The molecule has 1 N–H and O–H groups in total. The SMILES string of the molecule is CCCN1CCCN(CCNC)C1=O. The summed E-state index contributed by atoms with van der Waals surface area (Å²) in [5.74, 6) is 0. The Morgan fingerprint density at radius 1 is 1.29 bits per heavy atom. The summed E-state index contributed by atoms with van der Waals surface area (Å²) in [7, 11) is 1.91. The summed E-state index contributed by atoms with van der Waals surface area (Å²) >= 11 is 0. The van der Waals surface area contributed by atoms with Gasteiger partial charge in [-0.15, -0.1) is 0 Å². The quantitative estimate of drug-likeness (QED) is 0.709. The Bertz CT molecular complexity index is 182. The first-order valence-electron chi connectivity index (χ1n) is 5.48. The molecule has 4 nitrogen and oxygen atoms in total. The Kier molecular flexibility index (Phi) is 4.73. The molecule has 0 aromatic rings. The molecule has 0 bridgehead atoms. The zero-order valence-electron chi connectivity index (χ0n) is 9.25. The maximum Gasteiger partial charge on any atom is 0.320 e. The van der Waals surface area contributed by atoms with Crippen molar-refractivity contribution in [2.45, 2.75) is 19.8 Å². The molecule has 0 aromatic heterocycles. The zero-order valence-corrected chi connectivity index (χ0v) is 9.25. The van der Waals surface area contributed by atoms with E-state index in [1.54, 1.807) is 0 Å². The zero-order chi connectivity index (χ0) is 10.4. The van der Waals surface area contributed by atoms with E-state index < -0.39 is 0 Å². The van der Waals surface area contributed by atoms with Gasteiger partial charge in [0.15, 0.2) is 0 Å². The van der Waals surface area contributed by atoms with Gasteiger partial charge in [-0.05, 0) is 19.9 Å². The number of carbonyl (C=O) groups excluding carboxylic acids is 1. The number of nitrogens with one attached hydrogen (secondary N) is 1. The lowest BCUT2D eigenvalue weighted by Gasteiger charge is -2.35. The molecule has 0 aromatic carbocycles.